The van der Waals surface area contributed by atoms with Gasteiger partial charge in [-0.1, -0.05) is 12.1 Å². The number of aryl methyl sites for hydroxylation is 1. The molecule has 1 aromatic rings. The molecule has 0 saturated heterocycles. The zero-order valence-electron chi connectivity index (χ0n) is 9.90. The summed E-state index contributed by atoms with van der Waals surface area (Å²) >= 11 is 0. The highest BCUT2D eigenvalue weighted by molar-refractivity contribution is 5.88. The summed E-state index contributed by atoms with van der Waals surface area (Å²) in [7, 11) is 0. The lowest BCUT2D eigenvalue weighted by Crippen LogP contribution is -2.05. The Morgan fingerprint density at radius 2 is 2.06 bits per heavy atom. The van der Waals surface area contributed by atoms with E-state index in [0.29, 0.717) is 6.42 Å². The van der Waals surface area contributed by atoms with E-state index in [1.807, 2.05) is 24.3 Å². The monoisotopic (exact) mass is 235 g/mol. The van der Waals surface area contributed by atoms with E-state index >= 15 is 0 Å². The number of aliphatic carboxylic acids is 1. The molecule has 1 aromatic carbocycles. The van der Waals surface area contributed by atoms with Crippen molar-refractivity contribution < 1.29 is 14.7 Å². The molecule has 4 heteroatoms. The van der Waals surface area contributed by atoms with E-state index in [9.17, 15) is 9.59 Å². The fourth-order valence-corrected chi connectivity index (χ4v) is 1.61. The van der Waals surface area contributed by atoms with E-state index in [1.54, 1.807) is 0 Å². The molecule has 1 rings (SSSR count). The molecular weight excluding hydrogens is 218 g/mol. The van der Waals surface area contributed by atoms with Crippen molar-refractivity contribution in [3.05, 3.63) is 29.8 Å². The van der Waals surface area contributed by atoms with E-state index in [4.69, 9.17) is 5.11 Å². The fourth-order valence-electron chi connectivity index (χ4n) is 1.61. The summed E-state index contributed by atoms with van der Waals surface area (Å²) in [4.78, 5) is 21.2. The molecule has 0 radical (unpaired) electrons. The number of benzene rings is 1. The summed E-state index contributed by atoms with van der Waals surface area (Å²) in [6, 6.07) is 7.62. The van der Waals surface area contributed by atoms with Crippen LogP contribution in [0.15, 0.2) is 24.3 Å². The Morgan fingerprint density at radius 1 is 1.29 bits per heavy atom. The van der Waals surface area contributed by atoms with Gasteiger partial charge >= 0.3 is 5.97 Å². The predicted molar refractivity (Wildman–Crippen MR) is 65.9 cm³/mol. The largest absolute Gasteiger partial charge is 0.481 e. The van der Waals surface area contributed by atoms with E-state index < -0.39 is 5.97 Å². The van der Waals surface area contributed by atoms with Gasteiger partial charge in [0.05, 0.1) is 0 Å². The Bertz CT molecular complexity index is 401. The molecule has 0 fully saturated rings. The van der Waals surface area contributed by atoms with Gasteiger partial charge < -0.3 is 10.4 Å². The van der Waals surface area contributed by atoms with Gasteiger partial charge in [-0.2, -0.15) is 0 Å². The normalized spacial score (nSPS) is 9.94. The Kier molecular flexibility index (Phi) is 5.20. The molecular formula is C13H17NO3. The van der Waals surface area contributed by atoms with Crippen LogP contribution in [0.2, 0.25) is 0 Å². The number of amides is 1. The van der Waals surface area contributed by atoms with Crippen LogP contribution in [-0.4, -0.2) is 17.0 Å². The van der Waals surface area contributed by atoms with Crippen LogP contribution in [0.25, 0.3) is 0 Å². The van der Waals surface area contributed by atoms with Crippen LogP contribution >= 0.6 is 0 Å². The van der Waals surface area contributed by atoms with Crippen molar-refractivity contribution in [3.8, 4) is 0 Å². The number of hydrogen-bond acceptors (Lipinski definition) is 2. The third-order valence-electron chi connectivity index (χ3n) is 2.35. The first-order valence-corrected chi connectivity index (χ1v) is 5.66. The van der Waals surface area contributed by atoms with Gasteiger partial charge in [0.25, 0.3) is 0 Å². The standard InChI is InChI=1S/C13H17NO3/c1-10(15)14-12-7-4-6-11(9-12)5-2-3-8-13(16)17/h4,6-7,9H,2-3,5,8H2,1H3,(H,14,15)(H,16,17). The second-order valence-corrected chi connectivity index (χ2v) is 3.98. The summed E-state index contributed by atoms with van der Waals surface area (Å²) in [6.07, 6.45) is 2.57. The topological polar surface area (TPSA) is 66.4 Å². The number of rotatable bonds is 6. The molecule has 0 atom stereocenters. The highest BCUT2D eigenvalue weighted by Gasteiger charge is 2.00. The average Bonchev–Trinajstić information content (AvgIpc) is 2.24. The van der Waals surface area contributed by atoms with Crippen LogP contribution in [0, 0.1) is 0 Å². The number of carbonyl (C=O) groups excluding carboxylic acids is 1. The van der Waals surface area contributed by atoms with Gasteiger partial charge in [0.1, 0.15) is 0 Å². The predicted octanol–water partition coefficient (Wildman–Crippen LogP) is 2.44. The SMILES string of the molecule is CC(=O)Nc1cccc(CCCCC(=O)O)c1. The number of carbonyl (C=O) groups is 2. The number of anilines is 1. The van der Waals surface area contributed by atoms with Crippen LogP contribution in [-0.2, 0) is 16.0 Å². The summed E-state index contributed by atoms with van der Waals surface area (Å²) in [5.74, 6) is -0.843. The van der Waals surface area contributed by atoms with Crippen molar-refractivity contribution in [2.45, 2.75) is 32.6 Å². The summed E-state index contributed by atoms with van der Waals surface area (Å²) in [5, 5.41) is 11.2. The lowest BCUT2D eigenvalue weighted by molar-refractivity contribution is -0.137. The van der Waals surface area contributed by atoms with E-state index in [1.165, 1.54) is 6.92 Å². The van der Waals surface area contributed by atoms with Crippen LogP contribution in [0.4, 0.5) is 5.69 Å². The van der Waals surface area contributed by atoms with Crippen molar-refractivity contribution in [2.24, 2.45) is 0 Å². The van der Waals surface area contributed by atoms with Gasteiger partial charge in [-0.3, -0.25) is 9.59 Å². The third kappa shape index (κ3) is 5.70. The van der Waals surface area contributed by atoms with E-state index in [2.05, 4.69) is 5.32 Å². The number of carboxylic acid groups (broad SMARTS) is 1. The molecule has 1 amide bonds. The lowest BCUT2D eigenvalue weighted by Gasteiger charge is -2.05. The maximum Gasteiger partial charge on any atom is 0.303 e. The first kappa shape index (κ1) is 13.2. The molecule has 0 saturated carbocycles. The van der Waals surface area contributed by atoms with Crippen molar-refractivity contribution in [1.29, 1.82) is 0 Å². The van der Waals surface area contributed by atoms with Gasteiger partial charge in [0.2, 0.25) is 5.91 Å². The molecule has 0 spiro atoms. The van der Waals surface area contributed by atoms with E-state index in [-0.39, 0.29) is 12.3 Å². The molecule has 4 nitrogen and oxygen atoms in total. The molecule has 0 aliphatic carbocycles. The fraction of sp³-hybridized carbons (Fsp3) is 0.385. The number of hydrogen-bond donors (Lipinski definition) is 2. The second-order valence-electron chi connectivity index (χ2n) is 3.98. The number of unbranched alkanes of at least 4 members (excludes halogenated alkanes) is 1. The molecule has 0 unspecified atom stereocenters. The molecule has 2 N–H and O–H groups in total. The zero-order chi connectivity index (χ0) is 12.7. The summed E-state index contributed by atoms with van der Waals surface area (Å²) in [5.41, 5.74) is 1.90. The maximum atomic E-state index is 10.9. The van der Waals surface area contributed by atoms with Crippen molar-refractivity contribution in [1.82, 2.24) is 0 Å². The van der Waals surface area contributed by atoms with Crippen LogP contribution in [0.5, 0.6) is 0 Å². The zero-order valence-corrected chi connectivity index (χ0v) is 9.90. The van der Waals surface area contributed by atoms with Crippen molar-refractivity contribution in [3.63, 3.8) is 0 Å². The highest BCUT2D eigenvalue weighted by Crippen LogP contribution is 2.13. The average molecular weight is 235 g/mol. The first-order chi connectivity index (χ1) is 8.08. The summed E-state index contributed by atoms with van der Waals surface area (Å²) in [6.45, 7) is 1.47. The van der Waals surface area contributed by atoms with Gasteiger partial charge in [0, 0.05) is 19.0 Å². The first-order valence-electron chi connectivity index (χ1n) is 5.66. The minimum atomic E-state index is -0.753. The minimum Gasteiger partial charge on any atom is -0.481 e. The molecule has 0 heterocycles. The van der Waals surface area contributed by atoms with Crippen LogP contribution < -0.4 is 5.32 Å². The molecule has 0 aliphatic rings. The van der Waals surface area contributed by atoms with Gasteiger partial charge in [-0.05, 0) is 37.0 Å². The smallest absolute Gasteiger partial charge is 0.303 e. The Hall–Kier alpha value is -1.84. The van der Waals surface area contributed by atoms with Gasteiger partial charge in [-0.25, -0.2) is 0 Å². The quantitative estimate of drug-likeness (QED) is 0.744. The third-order valence-corrected chi connectivity index (χ3v) is 2.35. The second kappa shape index (κ2) is 6.68. The molecule has 0 aliphatic heterocycles. The number of nitrogens with one attached hydrogen (secondary N) is 1. The number of carboxylic acids is 1. The maximum absolute atomic E-state index is 10.9. The molecule has 17 heavy (non-hydrogen) atoms. The van der Waals surface area contributed by atoms with Gasteiger partial charge in [-0.15, -0.1) is 0 Å². The Labute approximate surface area is 101 Å². The highest BCUT2D eigenvalue weighted by atomic mass is 16.4. The minimum absolute atomic E-state index is 0.0898. The van der Waals surface area contributed by atoms with Crippen molar-refractivity contribution in [2.75, 3.05) is 5.32 Å². The Morgan fingerprint density at radius 3 is 2.71 bits per heavy atom. The molecule has 92 valence electrons. The molecule has 0 bridgehead atoms. The van der Waals surface area contributed by atoms with Crippen molar-refractivity contribution >= 4 is 17.6 Å². The lowest BCUT2D eigenvalue weighted by atomic mass is 10.1. The summed E-state index contributed by atoms with van der Waals surface area (Å²) < 4.78 is 0. The Balaban J connectivity index is 2.42. The molecule has 0 aromatic heterocycles. The van der Waals surface area contributed by atoms with E-state index in [0.717, 1.165) is 24.1 Å². The van der Waals surface area contributed by atoms with Gasteiger partial charge in [0.15, 0.2) is 0 Å². The van der Waals surface area contributed by atoms with Crippen LogP contribution in [0.1, 0.15) is 31.7 Å². The van der Waals surface area contributed by atoms with Crippen LogP contribution in [0.3, 0.4) is 0 Å².